The Hall–Kier alpha value is -3.96. The number of ether oxygens (including phenoxy) is 1. The number of benzene rings is 4. The molecule has 180 valence electrons. The Morgan fingerprint density at radius 1 is 0.722 bits per heavy atom. The van der Waals surface area contributed by atoms with Gasteiger partial charge in [-0.2, -0.15) is 0 Å². The highest BCUT2D eigenvalue weighted by molar-refractivity contribution is 6.14. The smallest absolute Gasteiger partial charge is 0.127 e. The summed E-state index contributed by atoms with van der Waals surface area (Å²) >= 11 is 0. The minimum atomic E-state index is 0.525. The number of rotatable bonds is 4. The van der Waals surface area contributed by atoms with Crippen LogP contribution in [0.3, 0.4) is 0 Å². The Labute approximate surface area is 212 Å². The molecule has 2 aliphatic heterocycles. The fourth-order valence-corrected chi connectivity index (χ4v) is 4.86. The Morgan fingerprint density at radius 3 is 2.22 bits per heavy atom. The third kappa shape index (κ3) is 4.75. The number of likely N-dealkylation sites (N-methyl/N-ethyl adjacent to an activating group) is 1. The van der Waals surface area contributed by atoms with Gasteiger partial charge >= 0.3 is 0 Å². The van der Waals surface area contributed by atoms with E-state index in [9.17, 15) is 0 Å². The van der Waals surface area contributed by atoms with E-state index in [-0.39, 0.29) is 0 Å². The molecule has 6 rings (SSSR count). The second-order valence-electron chi connectivity index (χ2n) is 9.51. The number of aliphatic imine (C=N–C) groups is 2. The number of fused-ring (bicyclic) bond motifs is 2. The van der Waals surface area contributed by atoms with E-state index in [2.05, 4.69) is 83.6 Å². The maximum absolute atomic E-state index is 6.20. The second-order valence-corrected chi connectivity index (χ2v) is 9.51. The Morgan fingerprint density at radius 2 is 1.42 bits per heavy atom. The zero-order valence-electron chi connectivity index (χ0n) is 20.6. The van der Waals surface area contributed by atoms with E-state index in [4.69, 9.17) is 14.7 Å². The summed E-state index contributed by atoms with van der Waals surface area (Å²) in [5.74, 6) is 2.02. The van der Waals surface area contributed by atoms with Gasteiger partial charge in [0.25, 0.3) is 0 Å². The topological polar surface area (TPSA) is 40.4 Å². The first-order valence-electron chi connectivity index (χ1n) is 12.6. The van der Waals surface area contributed by atoms with Crippen LogP contribution in [0.2, 0.25) is 0 Å². The van der Waals surface area contributed by atoms with Gasteiger partial charge in [0.15, 0.2) is 0 Å². The summed E-state index contributed by atoms with van der Waals surface area (Å²) in [4.78, 5) is 14.9. The van der Waals surface area contributed by atoms with Crippen LogP contribution in [0.5, 0.6) is 5.75 Å². The quantitative estimate of drug-likeness (QED) is 0.353. The maximum Gasteiger partial charge on any atom is 0.127 e. The Balaban J connectivity index is 1.23. The molecule has 2 heterocycles. The summed E-state index contributed by atoms with van der Waals surface area (Å²) in [5, 5.41) is 2.33. The first-order chi connectivity index (χ1) is 17.7. The zero-order chi connectivity index (χ0) is 24.3. The molecule has 2 aliphatic rings. The van der Waals surface area contributed by atoms with Gasteiger partial charge in [0.1, 0.15) is 18.2 Å². The van der Waals surface area contributed by atoms with Crippen LogP contribution in [0.4, 0.5) is 11.4 Å². The second kappa shape index (κ2) is 9.96. The van der Waals surface area contributed by atoms with Gasteiger partial charge < -0.3 is 14.5 Å². The van der Waals surface area contributed by atoms with Crippen molar-refractivity contribution in [3.05, 3.63) is 102 Å². The molecule has 1 saturated heterocycles. The third-order valence-corrected chi connectivity index (χ3v) is 7.01. The van der Waals surface area contributed by atoms with Crippen molar-refractivity contribution in [2.75, 3.05) is 33.2 Å². The van der Waals surface area contributed by atoms with Crippen molar-refractivity contribution in [2.45, 2.75) is 13.0 Å². The van der Waals surface area contributed by atoms with Gasteiger partial charge in [-0.25, -0.2) is 4.99 Å². The van der Waals surface area contributed by atoms with Gasteiger partial charge in [-0.15, -0.1) is 0 Å². The number of nitrogens with zero attached hydrogens (tertiary/aromatic N) is 4. The van der Waals surface area contributed by atoms with Crippen LogP contribution in [-0.4, -0.2) is 54.6 Å². The lowest BCUT2D eigenvalue weighted by Gasteiger charge is -2.34. The zero-order valence-corrected chi connectivity index (χ0v) is 20.6. The van der Waals surface area contributed by atoms with E-state index in [1.165, 1.54) is 5.39 Å². The van der Waals surface area contributed by atoms with Crippen molar-refractivity contribution in [3.8, 4) is 5.75 Å². The molecule has 0 atom stereocenters. The van der Waals surface area contributed by atoms with Crippen LogP contribution in [0.15, 0.2) is 101 Å². The van der Waals surface area contributed by atoms with E-state index >= 15 is 0 Å². The molecule has 0 bridgehead atoms. The van der Waals surface area contributed by atoms with E-state index in [1.807, 2.05) is 24.3 Å². The Bertz CT molecular complexity index is 1430. The van der Waals surface area contributed by atoms with Crippen LogP contribution in [0.1, 0.15) is 17.5 Å². The molecule has 0 aromatic heterocycles. The molecular weight excluding hydrogens is 444 g/mol. The predicted molar refractivity (Wildman–Crippen MR) is 148 cm³/mol. The molecule has 4 aromatic carbocycles. The van der Waals surface area contributed by atoms with Gasteiger partial charge in [-0.1, -0.05) is 72.8 Å². The van der Waals surface area contributed by atoms with Crippen LogP contribution in [0.25, 0.3) is 10.8 Å². The molecule has 5 nitrogen and oxygen atoms in total. The molecule has 0 spiro atoms. The minimum absolute atomic E-state index is 0.525. The monoisotopic (exact) mass is 474 g/mol. The highest BCUT2D eigenvalue weighted by Crippen LogP contribution is 2.32. The SMILES string of the molecule is CN1CCN(C2=Nc3ccccc3N=C(c3ccc(COc4cccc5ccccc45)cc3)C2)CC1. The molecule has 36 heavy (non-hydrogen) atoms. The standard InChI is InChI=1S/C31H30N4O/c1-34-17-19-35(20-18-34)31-21-29(32-27-10-4-5-11-28(27)33-31)25-15-13-23(14-16-25)22-36-30-12-6-8-24-7-2-3-9-26(24)30/h2-16H,17-22H2,1H3. The van der Waals surface area contributed by atoms with Crippen LogP contribution in [0, 0.1) is 0 Å². The van der Waals surface area contributed by atoms with Gasteiger partial charge in [-0.3, -0.25) is 4.99 Å². The lowest BCUT2D eigenvalue weighted by atomic mass is 10.0. The normalized spacial score (nSPS) is 16.2. The van der Waals surface area contributed by atoms with E-state index in [0.29, 0.717) is 6.61 Å². The molecule has 0 N–H and O–H groups in total. The molecule has 0 aliphatic carbocycles. The number of piperazine rings is 1. The molecule has 0 radical (unpaired) electrons. The summed E-state index contributed by atoms with van der Waals surface area (Å²) in [5.41, 5.74) is 5.19. The largest absolute Gasteiger partial charge is 0.488 e. The van der Waals surface area contributed by atoms with Gasteiger partial charge in [0, 0.05) is 38.0 Å². The van der Waals surface area contributed by atoms with Gasteiger partial charge in [0.05, 0.1) is 17.1 Å². The minimum Gasteiger partial charge on any atom is -0.488 e. The average Bonchev–Trinajstić information content (AvgIpc) is 3.12. The molecular formula is C31H30N4O. The highest BCUT2D eigenvalue weighted by Gasteiger charge is 2.22. The molecule has 1 fully saturated rings. The maximum atomic E-state index is 6.20. The third-order valence-electron chi connectivity index (χ3n) is 7.01. The van der Waals surface area contributed by atoms with Gasteiger partial charge in [-0.05, 0) is 41.8 Å². The van der Waals surface area contributed by atoms with Crippen molar-refractivity contribution in [1.29, 1.82) is 0 Å². The summed E-state index contributed by atoms with van der Waals surface area (Å²) < 4.78 is 6.20. The lowest BCUT2D eigenvalue weighted by Crippen LogP contribution is -2.47. The van der Waals surface area contributed by atoms with Crippen molar-refractivity contribution in [3.63, 3.8) is 0 Å². The van der Waals surface area contributed by atoms with Crippen molar-refractivity contribution in [2.24, 2.45) is 9.98 Å². The van der Waals surface area contributed by atoms with Gasteiger partial charge in [0.2, 0.25) is 0 Å². The van der Waals surface area contributed by atoms with E-state index in [1.54, 1.807) is 0 Å². The fourth-order valence-electron chi connectivity index (χ4n) is 4.86. The van der Waals surface area contributed by atoms with Crippen molar-refractivity contribution >= 4 is 33.7 Å². The van der Waals surface area contributed by atoms with Crippen LogP contribution in [-0.2, 0) is 6.61 Å². The summed E-state index contributed by atoms with van der Waals surface area (Å²) in [6.07, 6.45) is 0.726. The van der Waals surface area contributed by atoms with Crippen LogP contribution >= 0.6 is 0 Å². The summed E-state index contributed by atoms with van der Waals surface area (Å²) in [7, 11) is 2.18. The predicted octanol–water partition coefficient (Wildman–Crippen LogP) is 6.22. The first kappa shape index (κ1) is 22.5. The molecule has 5 heteroatoms. The number of hydrogen-bond acceptors (Lipinski definition) is 5. The van der Waals surface area contributed by atoms with Crippen LogP contribution < -0.4 is 4.74 Å². The summed E-state index contributed by atoms with van der Waals surface area (Å²) in [6, 6.07) is 31.3. The molecule has 4 aromatic rings. The lowest BCUT2D eigenvalue weighted by molar-refractivity contribution is 0.214. The summed E-state index contributed by atoms with van der Waals surface area (Å²) in [6.45, 7) is 4.62. The first-order valence-corrected chi connectivity index (χ1v) is 12.6. The van der Waals surface area contributed by atoms with E-state index in [0.717, 1.165) is 77.8 Å². The number of para-hydroxylation sites is 2. The molecule has 0 saturated carbocycles. The fraction of sp³-hybridized carbons (Fsp3) is 0.226. The average molecular weight is 475 g/mol. The molecule has 0 unspecified atom stereocenters. The highest BCUT2D eigenvalue weighted by atomic mass is 16.5. The number of amidine groups is 1. The number of hydrogen-bond donors (Lipinski definition) is 0. The molecule has 0 amide bonds. The van der Waals surface area contributed by atoms with Crippen molar-refractivity contribution in [1.82, 2.24) is 9.80 Å². The van der Waals surface area contributed by atoms with Crippen molar-refractivity contribution < 1.29 is 4.74 Å². The van der Waals surface area contributed by atoms with E-state index < -0.39 is 0 Å². The Kier molecular flexibility index (Phi) is 6.22.